The Morgan fingerprint density at radius 2 is 1.59 bits per heavy atom. The number of hydrogen-bond acceptors (Lipinski definition) is 1. The number of aryl methyl sites for hydroxylation is 3. The molecule has 2 aromatic carbocycles. The molecule has 0 saturated carbocycles. The third kappa shape index (κ3) is 5.72. The Hall–Kier alpha value is -2.09. The second-order valence-electron chi connectivity index (χ2n) is 5.98. The molecule has 0 fully saturated rings. The first-order valence-corrected chi connectivity index (χ1v) is 8.02. The van der Waals surface area contributed by atoms with E-state index in [0.29, 0.717) is 6.42 Å². The van der Waals surface area contributed by atoms with Gasteiger partial charge in [-0.25, -0.2) is 0 Å². The minimum absolute atomic E-state index is 0.140. The first kappa shape index (κ1) is 16.3. The molecule has 0 aliphatic heterocycles. The van der Waals surface area contributed by atoms with E-state index >= 15 is 0 Å². The van der Waals surface area contributed by atoms with Crippen molar-refractivity contribution < 1.29 is 4.79 Å². The van der Waals surface area contributed by atoms with Crippen molar-refractivity contribution in [1.29, 1.82) is 0 Å². The van der Waals surface area contributed by atoms with E-state index in [1.54, 1.807) is 0 Å². The Balaban J connectivity index is 1.68. The van der Waals surface area contributed by atoms with Crippen LogP contribution in [0.15, 0.2) is 54.6 Å². The number of nitrogens with one attached hydrogen (secondary N) is 1. The van der Waals surface area contributed by atoms with Crippen LogP contribution in [0.4, 0.5) is 0 Å². The fraction of sp³-hybridized carbons (Fsp3) is 0.350. The minimum Gasteiger partial charge on any atom is -0.354 e. The van der Waals surface area contributed by atoms with Gasteiger partial charge in [0.2, 0.25) is 5.91 Å². The van der Waals surface area contributed by atoms with Gasteiger partial charge in [-0.1, -0.05) is 60.2 Å². The molecule has 0 spiro atoms. The molecule has 1 atom stereocenters. The molecule has 0 aliphatic rings. The summed E-state index contributed by atoms with van der Waals surface area (Å²) in [4.78, 5) is 12.0. The first-order chi connectivity index (χ1) is 10.6. The summed E-state index contributed by atoms with van der Waals surface area (Å²) in [6, 6.07) is 19.0. The number of carbonyl (C=O) groups is 1. The third-order valence-corrected chi connectivity index (χ3v) is 3.88. The summed E-state index contributed by atoms with van der Waals surface area (Å²) in [7, 11) is 0. The van der Waals surface area contributed by atoms with Crippen molar-refractivity contribution in [2.75, 3.05) is 0 Å². The molecule has 0 aliphatic carbocycles. The van der Waals surface area contributed by atoms with E-state index < -0.39 is 0 Å². The number of hydrogen-bond donors (Lipinski definition) is 1. The summed E-state index contributed by atoms with van der Waals surface area (Å²) in [6.07, 6.45) is 3.33. The van der Waals surface area contributed by atoms with Crippen molar-refractivity contribution >= 4 is 5.91 Å². The quantitative estimate of drug-likeness (QED) is 0.820. The highest BCUT2D eigenvalue weighted by atomic mass is 16.1. The van der Waals surface area contributed by atoms with Crippen molar-refractivity contribution in [2.45, 2.75) is 45.6 Å². The highest BCUT2D eigenvalue weighted by Gasteiger charge is 2.07. The van der Waals surface area contributed by atoms with Crippen LogP contribution in [-0.2, 0) is 17.6 Å². The lowest BCUT2D eigenvalue weighted by atomic mass is 10.1. The van der Waals surface area contributed by atoms with Gasteiger partial charge in [0.1, 0.15) is 0 Å². The van der Waals surface area contributed by atoms with Crippen molar-refractivity contribution in [2.24, 2.45) is 0 Å². The largest absolute Gasteiger partial charge is 0.354 e. The third-order valence-electron chi connectivity index (χ3n) is 3.88. The van der Waals surface area contributed by atoms with Crippen LogP contribution >= 0.6 is 0 Å². The van der Waals surface area contributed by atoms with Gasteiger partial charge in [-0.15, -0.1) is 0 Å². The Morgan fingerprint density at radius 3 is 2.27 bits per heavy atom. The van der Waals surface area contributed by atoms with Crippen LogP contribution in [0, 0.1) is 6.92 Å². The van der Waals surface area contributed by atoms with Crippen LogP contribution in [0.2, 0.25) is 0 Å². The minimum atomic E-state index is 0.140. The van der Waals surface area contributed by atoms with E-state index in [1.807, 2.05) is 6.07 Å². The van der Waals surface area contributed by atoms with Crippen LogP contribution in [-0.4, -0.2) is 11.9 Å². The number of rotatable bonds is 7. The molecule has 2 rings (SSSR count). The SMILES string of the molecule is Cc1ccc(CCC(=O)N[C@@H](C)CCc2ccccc2)cc1. The van der Waals surface area contributed by atoms with E-state index in [-0.39, 0.29) is 11.9 Å². The summed E-state index contributed by atoms with van der Waals surface area (Å²) in [5.74, 6) is 0.140. The van der Waals surface area contributed by atoms with Crippen molar-refractivity contribution in [1.82, 2.24) is 5.32 Å². The second-order valence-corrected chi connectivity index (χ2v) is 5.98. The van der Waals surface area contributed by atoms with Crippen molar-refractivity contribution in [3.8, 4) is 0 Å². The Kier molecular flexibility index (Phi) is 6.20. The fourth-order valence-corrected chi connectivity index (χ4v) is 2.46. The Bertz CT molecular complexity index is 574. The first-order valence-electron chi connectivity index (χ1n) is 8.02. The van der Waals surface area contributed by atoms with Gasteiger partial charge in [-0.3, -0.25) is 4.79 Å². The van der Waals surface area contributed by atoms with Gasteiger partial charge in [0, 0.05) is 12.5 Å². The molecule has 0 radical (unpaired) electrons. The van der Waals surface area contributed by atoms with Gasteiger partial charge in [0.25, 0.3) is 0 Å². The molecule has 1 amide bonds. The molecule has 2 nitrogen and oxygen atoms in total. The highest BCUT2D eigenvalue weighted by molar-refractivity contribution is 5.76. The molecule has 1 N–H and O–H groups in total. The van der Waals surface area contributed by atoms with Crippen LogP contribution in [0.5, 0.6) is 0 Å². The van der Waals surface area contributed by atoms with E-state index in [2.05, 4.69) is 67.7 Å². The number of carbonyl (C=O) groups excluding carboxylic acids is 1. The Labute approximate surface area is 133 Å². The van der Waals surface area contributed by atoms with Crippen molar-refractivity contribution in [3.63, 3.8) is 0 Å². The molecule has 116 valence electrons. The zero-order valence-electron chi connectivity index (χ0n) is 13.5. The molecular weight excluding hydrogens is 270 g/mol. The highest BCUT2D eigenvalue weighted by Crippen LogP contribution is 2.07. The number of amides is 1. The lowest BCUT2D eigenvalue weighted by molar-refractivity contribution is -0.121. The average molecular weight is 295 g/mol. The van der Waals surface area contributed by atoms with Crippen LogP contribution in [0.3, 0.4) is 0 Å². The maximum atomic E-state index is 12.0. The van der Waals surface area contributed by atoms with E-state index in [0.717, 1.165) is 19.3 Å². The number of benzene rings is 2. The second kappa shape index (κ2) is 8.38. The zero-order valence-corrected chi connectivity index (χ0v) is 13.5. The van der Waals surface area contributed by atoms with Gasteiger partial charge in [0.05, 0.1) is 0 Å². The molecule has 0 aromatic heterocycles. The summed E-state index contributed by atoms with van der Waals surface area (Å²) >= 11 is 0. The monoisotopic (exact) mass is 295 g/mol. The predicted molar refractivity (Wildman–Crippen MR) is 91.9 cm³/mol. The zero-order chi connectivity index (χ0) is 15.8. The standard InChI is InChI=1S/C20H25NO/c1-16-8-11-19(12-9-16)14-15-20(22)21-17(2)10-13-18-6-4-3-5-7-18/h3-9,11-12,17H,10,13-15H2,1-2H3,(H,21,22)/t17-/m0/s1. The van der Waals surface area contributed by atoms with Gasteiger partial charge < -0.3 is 5.32 Å². The summed E-state index contributed by atoms with van der Waals surface area (Å²) < 4.78 is 0. The smallest absolute Gasteiger partial charge is 0.220 e. The van der Waals surface area contributed by atoms with Crippen LogP contribution < -0.4 is 5.32 Å². The molecule has 0 unspecified atom stereocenters. The molecule has 2 heteroatoms. The van der Waals surface area contributed by atoms with E-state index in [9.17, 15) is 4.79 Å². The topological polar surface area (TPSA) is 29.1 Å². The summed E-state index contributed by atoms with van der Waals surface area (Å²) in [5.41, 5.74) is 3.80. The van der Waals surface area contributed by atoms with Crippen molar-refractivity contribution in [3.05, 3.63) is 71.3 Å². The van der Waals surface area contributed by atoms with E-state index in [4.69, 9.17) is 0 Å². The maximum Gasteiger partial charge on any atom is 0.220 e. The molecular formula is C20H25NO. The molecule has 0 bridgehead atoms. The normalized spacial score (nSPS) is 11.9. The van der Waals surface area contributed by atoms with Gasteiger partial charge in [-0.2, -0.15) is 0 Å². The maximum absolute atomic E-state index is 12.0. The molecule has 22 heavy (non-hydrogen) atoms. The van der Waals surface area contributed by atoms with Gasteiger partial charge in [0.15, 0.2) is 0 Å². The molecule has 0 heterocycles. The predicted octanol–water partition coefficient (Wildman–Crippen LogP) is 4.07. The lowest BCUT2D eigenvalue weighted by Gasteiger charge is -2.14. The molecule has 0 saturated heterocycles. The molecule has 2 aromatic rings. The van der Waals surface area contributed by atoms with E-state index in [1.165, 1.54) is 16.7 Å². The van der Waals surface area contributed by atoms with Gasteiger partial charge >= 0.3 is 0 Å². The average Bonchev–Trinajstić information content (AvgIpc) is 2.53. The summed E-state index contributed by atoms with van der Waals surface area (Å²) in [6.45, 7) is 4.15. The lowest BCUT2D eigenvalue weighted by Crippen LogP contribution is -2.33. The fourth-order valence-electron chi connectivity index (χ4n) is 2.46. The Morgan fingerprint density at radius 1 is 0.955 bits per heavy atom. The van der Waals surface area contributed by atoms with Gasteiger partial charge in [-0.05, 0) is 44.2 Å². The van der Waals surface area contributed by atoms with Crippen LogP contribution in [0.1, 0.15) is 36.5 Å². The summed E-state index contributed by atoms with van der Waals surface area (Å²) in [5, 5.41) is 3.09. The van der Waals surface area contributed by atoms with Crippen LogP contribution in [0.25, 0.3) is 0 Å².